The molecule has 0 N–H and O–H groups in total. The minimum atomic E-state index is -0.166. The van der Waals surface area contributed by atoms with Crippen LogP contribution < -0.4 is 4.74 Å². The van der Waals surface area contributed by atoms with E-state index >= 15 is 0 Å². The van der Waals surface area contributed by atoms with Crippen molar-refractivity contribution in [3.05, 3.63) is 65.2 Å². The minimum absolute atomic E-state index is 0.166. The smallest absolute Gasteiger partial charge is 0.229 e. The van der Waals surface area contributed by atoms with E-state index in [0.717, 1.165) is 43.5 Å². The number of likely N-dealkylation sites (tertiary alicyclic amines) is 1. The van der Waals surface area contributed by atoms with E-state index in [0.29, 0.717) is 12.5 Å². The van der Waals surface area contributed by atoms with E-state index in [9.17, 15) is 4.79 Å². The van der Waals surface area contributed by atoms with Gasteiger partial charge in [0.1, 0.15) is 5.75 Å². The molecule has 3 nitrogen and oxygen atoms in total. The lowest BCUT2D eigenvalue weighted by Gasteiger charge is -2.33. The Morgan fingerprint density at radius 1 is 1.04 bits per heavy atom. The SMILES string of the molecule is COc1ccc(CN2CCC3(CCc4ccccc4C3)C2=O)cc1. The second-order valence-electron chi connectivity index (χ2n) is 7.05. The van der Waals surface area contributed by atoms with Crippen LogP contribution in [0.15, 0.2) is 48.5 Å². The molecule has 4 rings (SSSR count). The normalized spacial score (nSPS) is 22.7. The molecule has 0 saturated carbocycles. The Morgan fingerprint density at radius 2 is 1.79 bits per heavy atom. The molecular formula is C21H23NO2. The topological polar surface area (TPSA) is 29.5 Å². The molecule has 24 heavy (non-hydrogen) atoms. The number of hydrogen-bond acceptors (Lipinski definition) is 2. The number of fused-ring (bicyclic) bond motifs is 1. The molecule has 1 spiro atoms. The number of nitrogens with zero attached hydrogens (tertiary/aromatic N) is 1. The maximum absolute atomic E-state index is 13.1. The molecule has 1 fully saturated rings. The molecule has 1 aliphatic carbocycles. The summed E-state index contributed by atoms with van der Waals surface area (Å²) in [5.74, 6) is 1.19. The molecule has 124 valence electrons. The second kappa shape index (κ2) is 5.97. The Hall–Kier alpha value is -2.29. The molecular weight excluding hydrogens is 298 g/mol. The highest BCUT2D eigenvalue weighted by molar-refractivity contribution is 5.85. The molecule has 2 aliphatic rings. The van der Waals surface area contributed by atoms with Crippen molar-refractivity contribution in [2.75, 3.05) is 13.7 Å². The van der Waals surface area contributed by atoms with Gasteiger partial charge >= 0.3 is 0 Å². The molecule has 1 unspecified atom stereocenters. The summed E-state index contributed by atoms with van der Waals surface area (Å²) in [7, 11) is 1.67. The van der Waals surface area contributed by atoms with Gasteiger partial charge in [0.15, 0.2) is 0 Å². The number of ether oxygens (including phenoxy) is 1. The molecule has 2 aromatic carbocycles. The van der Waals surface area contributed by atoms with E-state index in [4.69, 9.17) is 4.74 Å². The van der Waals surface area contributed by atoms with Crippen LogP contribution in [-0.2, 0) is 24.2 Å². The summed E-state index contributed by atoms with van der Waals surface area (Å²) in [6.07, 6.45) is 3.90. The monoisotopic (exact) mass is 321 g/mol. The predicted molar refractivity (Wildman–Crippen MR) is 93.9 cm³/mol. The van der Waals surface area contributed by atoms with Gasteiger partial charge in [-0.2, -0.15) is 0 Å². The van der Waals surface area contributed by atoms with Gasteiger partial charge in [0.25, 0.3) is 0 Å². The number of amides is 1. The first-order valence-corrected chi connectivity index (χ1v) is 8.69. The molecule has 0 radical (unpaired) electrons. The third-order valence-electron chi connectivity index (χ3n) is 5.65. The third-order valence-corrected chi connectivity index (χ3v) is 5.65. The Labute approximate surface area is 143 Å². The number of aryl methyl sites for hydroxylation is 1. The Balaban J connectivity index is 1.50. The molecule has 1 atom stereocenters. The van der Waals surface area contributed by atoms with Crippen LogP contribution >= 0.6 is 0 Å². The average Bonchev–Trinajstić information content (AvgIpc) is 2.92. The van der Waals surface area contributed by atoms with Crippen molar-refractivity contribution in [1.82, 2.24) is 4.90 Å². The molecule has 1 aliphatic heterocycles. The lowest BCUT2D eigenvalue weighted by atomic mass is 9.70. The van der Waals surface area contributed by atoms with Crippen LogP contribution in [0.4, 0.5) is 0 Å². The molecule has 1 saturated heterocycles. The zero-order valence-electron chi connectivity index (χ0n) is 14.1. The number of carbonyl (C=O) groups excluding carboxylic acids is 1. The second-order valence-corrected chi connectivity index (χ2v) is 7.05. The van der Waals surface area contributed by atoms with E-state index in [1.54, 1.807) is 7.11 Å². The van der Waals surface area contributed by atoms with Crippen LogP contribution in [-0.4, -0.2) is 24.5 Å². The maximum Gasteiger partial charge on any atom is 0.229 e. The summed E-state index contributed by atoms with van der Waals surface area (Å²) in [5, 5.41) is 0. The van der Waals surface area contributed by atoms with Gasteiger partial charge in [0.2, 0.25) is 5.91 Å². The lowest BCUT2D eigenvalue weighted by molar-refractivity contribution is -0.137. The highest BCUT2D eigenvalue weighted by Crippen LogP contribution is 2.44. The van der Waals surface area contributed by atoms with Crippen molar-refractivity contribution in [2.45, 2.75) is 32.2 Å². The number of methoxy groups -OCH3 is 1. The molecule has 0 aromatic heterocycles. The molecule has 3 heteroatoms. The van der Waals surface area contributed by atoms with Gasteiger partial charge in [-0.25, -0.2) is 0 Å². The third kappa shape index (κ3) is 2.58. The van der Waals surface area contributed by atoms with Gasteiger partial charge in [-0.3, -0.25) is 4.79 Å². The zero-order chi connectivity index (χ0) is 16.6. The number of carbonyl (C=O) groups is 1. The first kappa shape index (κ1) is 15.3. The molecule has 1 amide bonds. The highest BCUT2D eigenvalue weighted by Gasteiger charge is 2.47. The molecule has 2 aromatic rings. The van der Waals surface area contributed by atoms with Crippen molar-refractivity contribution in [2.24, 2.45) is 5.41 Å². The van der Waals surface area contributed by atoms with Crippen molar-refractivity contribution in [1.29, 1.82) is 0 Å². The first-order valence-electron chi connectivity index (χ1n) is 8.69. The molecule has 1 heterocycles. The summed E-state index contributed by atoms with van der Waals surface area (Å²) in [6, 6.07) is 16.6. The largest absolute Gasteiger partial charge is 0.497 e. The van der Waals surface area contributed by atoms with E-state index in [2.05, 4.69) is 24.3 Å². The van der Waals surface area contributed by atoms with Gasteiger partial charge < -0.3 is 9.64 Å². The van der Waals surface area contributed by atoms with Crippen molar-refractivity contribution in [3.63, 3.8) is 0 Å². The minimum Gasteiger partial charge on any atom is -0.497 e. The quantitative estimate of drug-likeness (QED) is 0.864. The summed E-state index contributed by atoms with van der Waals surface area (Å²) in [6.45, 7) is 1.57. The van der Waals surface area contributed by atoms with Crippen LogP contribution in [0, 0.1) is 5.41 Å². The van der Waals surface area contributed by atoms with Gasteiger partial charge in [0, 0.05) is 13.1 Å². The number of hydrogen-bond donors (Lipinski definition) is 0. The predicted octanol–water partition coefficient (Wildman–Crippen LogP) is 3.60. The van der Waals surface area contributed by atoms with Crippen LogP contribution in [0.25, 0.3) is 0 Å². The summed E-state index contributed by atoms with van der Waals surface area (Å²) in [4.78, 5) is 15.2. The maximum atomic E-state index is 13.1. The Morgan fingerprint density at radius 3 is 2.54 bits per heavy atom. The fourth-order valence-electron chi connectivity index (χ4n) is 4.19. The molecule has 0 bridgehead atoms. The van der Waals surface area contributed by atoms with Gasteiger partial charge in [0.05, 0.1) is 12.5 Å². The van der Waals surface area contributed by atoms with Crippen molar-refractivity contribution in [3.8, 4) is 5.75 Å². The zero-order valence-corrected chi connectivity index (χ0v) is 14.1. The Kier molecular flexibility index (Phi) is 3.79. The first-order chi connectivity index (χ1) is 11.7. The van der Waals surface area contributed by atoms with Gasteiger partial charge in [-0.05, 0) is 54.5 Å². The van der Waals surface area contributed by atoms with Crippen LogP contribution in [0.5, 0.6) is 5.75 Å². The van der Waals surface area contributed by atoms with E-state index in [1.807, 2.05) is 29.2 Å². The van der Waals surface area contributed by atoms with Gasteiger partial charge in [-0.15, -0.1) is 0 Å². The van der Waals surface area contributed by atoms with Crippen molar-refractivity contribution >= 4 is 5.91 Å². The lowest BCUT2D eigenvalue weighted by Crippen LogP contribution is -2.38. The Bertz CT molecular complexity index is 753. The summed E-state index contributed by atoms with van der Waals surface area (Å²) < 4.78 is 5.20. The highest BCUT2D eigenvalue weighted by atomic mass is 16.5. The standard InChI is InChI=1S/C21H23NO2/c1-24-19-8-6-16(7-9-19)15-22-13-12-21(20(22)23)11-10-17-4-2-3-5-18(17)14-21/h2-9H,10-15H2,1H3. The van der Waals surface area contributed by atoms with E-state index in [1.165, 1.54) is 11.1 Å². The van der Waals surface area contributed by atoms with Crippen molar-refractivity contribution < 1.29 is 9.53 Å². The summed E-state index contributed by atoms with van der Waals surface area (Å²) >= 11 is 0. The average molecular weight is 321 g/mol. The fraction of sp³-hybridized carbons (Fsp3) is 0.381. The summed E-state index contributed by atoms with van der Waals surface area (Å²) in [5.41, 5.74) is 3.78. The van der Waals surface area contributed by atoms with Gasteiger partial charge in [-0.1, -0.05) is 36.4 Å². The van der Waals surface area contributed by atoms with E-state index < -0.39 is 0 Å². The number of rotatable bonds is 3. The van der Waals surface area contributed by atoms with Crippen LogP contribution in [0.2, 0.25) is 0 Å². The van der Waals surface area contributed by atoms with E-state index in [-0.39, 0.29) is 5.41 Å². The number of benzene rings is 2. The fourth-order valence-corrected chi connectivity index (χ4v) is 4.19. The van der Waals surface area contributed by atoms with Crippen LogP contribution in [0.3, 0.4) is 0 Å². The van der Waals surface area contributed by atoms with Crippen LogP contribution in [0.1, 0.15) is 29.5 Å².